The molecular formula is C5H8N2O2. The van der Waals surface area contributed by atoms with Crippen molar-refractivity contribution in [2.75, 3.05) is 6.61 Å². The van der Waals surface area contributed by atoms with Gasteiger partial charge in [-0.15, -0.1) is 0 Å². The largest absolute Gasteiger partial charge is 0.394 e. The topological polar surface area (TPSA) is 86.2 Å². The Morgan fingerprint density at radius 1 is 1.78 bits per heavy atom. The predicted octanol–water partition coefficient (Wildman–Crippen LogP) is -1.80. The molecule has 1 heterocycles. The van der Waals surface area contributed by atoms with Gasteiger partial charge in [0.15, 0.2) is 0 Å². The second kappa shape index (κ2) is 2.31. The van der Waals surface area contributed by atoms with Crippen LogP contribution in [0.5, 0.6) is 0 Å². The van der Waals surface area contributed by atoms with E-state index in [0.29, 0.717) is 0 Å². The molecule has 0 unspecified atom stereocenters. The molecule has 0 aromatic rings. The van der Waals surface area contributed by atoms with E-state index in [2.05, 4.69) is 5.32 Å². The normalized spacial score (nSPS) is 35.2. The maximum absolute atomic E-state index is 8.84. The molecule has 0 aliphatic carbocycles. The second-order valence-corrected chi connectivity index (χ2v) is 2.05. The number of nitriles is 1. The summed E-state index contributed by atoms with van der Waals surface area (Å²) in [6.45, 7) is -0.282. The van der Waals surface area contributed by atoms with Crippen LogP contribution in [-0.4, -0.2) is 35.0 Å². The van der Waals surface area contributed by atoms with Crippen LogP contribution in [-0.2, 0) is 0 Å². The van der Waals surface area contributed by atoms with Crippen molar-refractivity contribution in [3.05, 3.63) is 0 Å². The van der Waals surface area contributed by atoms with E-state index in [1.165, 1.54) is 0 Å². The van der Waals surface area contributed by atoms with Crippen LogP contribution in [0.25, 0.3) is 0 Å². The van der Waals surface area contributed by atoms with Gasteiger partial charge in [-0.25, -0.2) is 0 Å². The SMILES string of the molecule is N#C[C@@H]1N[C@H]1[C@H](O)CO. The predicted molar refractivity (Wildman–Crippen MR) is 29.4 cm³/mol. The van der Waals surface area contributed by atoms with Crippen molar-refractivity contribution in [3.8, 4) is 6.07 Å². The van der Waals surface area contributed by atoms with Crippen molar-refractivity contribution >= 4 is 0 Å². The van der Waals surface area contributed by atoms with Gasteiger partial charge in [-0.05, 0) is 0 Å². The molecule has 0 spiro atoms. The minimum Gasteiger partial charge on any atom is -0.394 e. The van der Waals surface area contributed by atoms with Crippen LogP contribution in [0, 0.1) is 11.3 Å². The zero-order valence-electron chi connectivity index (χ0n) is 4.78. The molecule has 0 bridgehead atoms. The quantitative estimate of drug-likeness (QED) is 0.383. The highest BCUT2D eigenvalue weighted by molar-refractivity contribution is 5.14. The maximum atomic E-state index is 8.84. The highest BCUT2D eigenvalue weighted by Crippen LogP contribution is 2.12. The van der Waals surface area contributed by atoms with Crippen LogP contribution in [0.15, 0.2) is 0 Å². The molecule has 1 saturated heterocycles. The molecule has 1 aliphatic rings. The summed E-state index contributed by atoms with van der Waals surface area (Å²) in [5, 5.41) is 28.1. The first-order valence-corrected chi connectivity index (χ1v) is 2.74. The Balaban J connectivity index is 2.27. The Kier molecular flexibility index (Phi) is 1.67. The standard InChI is InChI=1S/C5H8N2O2/c6-1-3-5(7-3)4(9)2-8/h3-5,7-9H,2H2/t3-,4+,5+/m0/s1. The van der Waals surface area contributed by atoms with Gasteiger partial charge in [0, 0.05) is 0 Å². The monoisotopic (exact) mass is 128 g/mol. The molecule has 1 fully saturated rings. The molecule has 50 valence electrons. The van der Waals surface area contributed by atoms with E-state index < -0.39 is 6.10 Å². The molecule has 4 heteroatoms. The molecule has 0 amide bonds. The summed E-state index contributed by atoms with van der Waals surface area (Å²) in [6.07, 6.45) is -0.783. The molecule has 3 atom stereocenters. The Labute approximate surface area is 52.7 Å². The summed E-state index contributed by atoms with van der Waals surface area (Å²) in [5.41, 5.74) is 0. The summed E-state index contributed by atoms with van der Waals surface area (Å²) < 4.78 is 0. The van der Waals surface area contributed by atoms with Crippen LogP contribution >= 0.6 is 0 Å². The van der Waals surface area contributed by atoms with Gasteiger partial charge in [0.2, 0.25) is 0 Å². The molecule has 1 aliphatic heterocycles. The molecule has 4 nitrogen and oxygen atoms in total. The van der Waals surface area contributed by atoms with Crippen molar-refractivity contribution in [3.63, 3.8) is 0 Å². The number of hydrogen-bond acceptors (Lipinski definition) is 4. The van der Waals surface area contributed by atoms with Crippen LogP contribution in [0.4, 0.5) is 0 Å². The fourth-order valence-electron chi connectivity index (χ4n) is 0.716. The van der Waals surface area contributed by atoms with Crippen LogP contribution < -0.4 is 5.32 Å². The van der Waals surface area contributed by atoms with Crippen LogP contribution in [0.1, 0.15) is 0 Å². The maximum Gasteiger partial charge on any atom is 0.114 e. The number of aliphatic hydroxyl groups excluding tert-OH is 2. The lowest BCUT2D eigenvalue weighted by molar-refractivity contribution is 0.0932. The van der Waals surface area contributed by atoms with E-state index in [1.54, 1.807) is 0 Å². The third-order valence-electron chi connectivity index (χ3n) is 1.36. The molecule has 0 aromatic carbocycles. The smallest absolute Gasteiger partial charge is 0.114 e. The number of hydrogen-bond donors (Lipinski definition) is 3. The summed E-state index contributed by atoms with van der Waals surface area (Å²) in [4.78, 5) is 0. The van der Waals surface area contributed by atoms with Gasteiger partial charge in [0.05, 0.1) is 24.8 Å². The molecule has 0 saturated carbocycles. The van der Waals surface area contributed by atoms with E-state index in [1.807, 2.05) is 6.07 Å². The van der Waals surface area contributed by atoms with Crippen molar-refractivity contribution < 1.29 is 10.2 Å². The molecule has 0 radical (unpaired) electrons. The number of rotatable bonds is 2. The van der Waals surface area contributed by atoms with E-state index in [-0.39, 0.29) is 18.7 Å². The molecule has 1 rings (SSSR count). The van der Waals surface area contributed by atoms with Gasteiger partial charge < -0.3 is 10.2 Å². The van der Waals surface area contributed by atoms with E-state index in [4.69, 9.17) is 15.5 Å². The van der Waals surface area contributed by atoms with Crippen LogP contribution in [0.3, 0.4) is 0 Å². The highest BCUT2D eigenvalue weighted by Gasteiger charge is 2.41. The zero-order valence-corrected chi connectivity index (χ0v) is 4.78. The number of nitrogens with zero attached hydrogens (tertiary/aromatic N) is 1. The van der Waals surface area contributed by atoms with E-state index in [9.17, 15) is 0 Å². The Hall–Kier alpha value is -0.630. The van der Waals surface area contributed by atoms with E-state index >= 15 is 0 Å². The minimum atomic E-state index is -0.783. The summed E-state index contributed by atoms with van der Waals surface area (Å²) in [6, 6.07) is 1.46. The number of nitrogens with one attached hydrogen (secondary N) is 1. The Morgan fingerprint density at radius 2 is 2.44 bits per heavy atom. The van der Waals surface area contributed by atoms with Crippen molar-refractivity contribution in [2.24, 2.45) is 0 Å². The van der Waals surface area contributed by atoms with Gasteiger partial charge in [-0.2, -0.15) is 5.26 Å². The Bertz CT molecular complexity index is 142. The van der Waals surface area contributed by atoms with Crippen LogP contribution in [0.2, 0.25) is 0 Å². The third kappa shape index (κ3) is 1.19. The molecular weight excluding hydrogens is 120 g/mol. The van der Waals surface area contributed by atoms with Crippen molar-refractivity contribution in [1.82, 2.24) is 5.32 Å². The second-order valence-electron chi connectivity index (χ2n) is 2.05. The molecule has 0 aromatic heterocycles. The van der Waals surface area contributed by atoms with Crippen molar-refractivity contribution in [2.45, 2.75) is 18.2 Å². The molecule has 3 N–H and O–H groups in total. The fourth-order valence-corrected chi connectivity index (χ4v) is 0.716. The fraction of sp³-hybridized carbons (Fsp3) is 0.800. The highest BCUT2D eigenvalue weighted by atomic mass is 16.3. The summed E-state index contributed by atoms with van der Waals surface area (Å²) in [5.74, 6) is 0. The van der Waals surface area contributed by atoms with Crippen molar-refractivity contribution in [1.29, 1.82) is 5.26 Å². The average Bonchev–Trinajstić information content (AvgIpc) is 2.64. The summed E-state index contributed by atoms with van der Waals surface area (Å²) >= 11 is 0. The first-order valence-electron chi connectivity index (χ1n) is 2.74. The first kappa shape index (κ1) is 6.49. The zero-order chi connectivity index (χ0) is 6.85. The van der Waals surface area contributed by atoms with E-state index in [0.717, 1.165) is 0 Å². The Morgan fingerprint density at radius 3 is 2.78 bits per heavy atom. The van der Waals surface area contributed by atoms with Gasteiger partial charge in [0.1, 0.15) is 6.04 Å². The lowest BCUT2D eigenvalue weighted by Gasteiger charge is -1.99. The number of aliphatic hydroxyl groups is 2. The first-order chi connectivity index (χ1) is 4.29. The van der Waals surface area contributed by atoms with Gasteiger partial charge in [-0.1, -0.05) is 0 Å². The summed E-state index contributed by atoms with van der Waals surface area (Å²) in [7, 11) is 0. The lowest BCUT2D eigenvalue weighted by Crippen LogP contribution is -2.21. The average molecular weight is 128 g/mol. The third-order valence-corrected chi connectivity index (χ3v) is 1.36. The lowest BCUT2D eigenvalue weighted by atomic mass is 10.2. The van der Waals surface area contributed by atoms with Gasteiger partial charge in [0.25, 0.3) is 0 Å². The minimum absolute atomic E-state index is 0.208. The molecule has 9 heavy (non-hydrogen) atoms. The van der Waals surface area contributed by atoms with Gasteiger partial charge >= 0.3 is 0 Å². The van der Waals surface area contributed by atoms with Gasteiger partial charge in [-0.3, -0.25) is 5.32 Å².